The molecule has 1 aromatic heterocycles. The van der Waals surface area contributed by atoms with Crippen LogP contribution in [0.25, 0.3) is 0 Å². The van der Waals surface area contributed by atoms with E-state index in [1.807, 2.05) is 0 Å². The molecule has 0 saturated carbocycles. The lowest BCUT2D eigenvalue weighted by atomic mass is 10.3. The predicted molar refractivity (Wildman–Crippen MR) is 61.3 cm³/mol. The van der Waals surface area contributed by atoms with E-state index in [0.717, 1.165) is 0 Å². The summed E-state index contributed by atoms with van der Waals surface area (Å²) in [6.07, 6.45) is 0. The maximum Gasteiger partial charge on any atom is 0.225 e. The molecule has 0 radical (unpaired) electrons. The van der Waals surface area contributed by atoms with E-state index in [1.54, 1.807) is 12.1 Å². The number of nitrogens with one attached hydrogen (secondary N) is 2. The first-order valence-electron chi connectivity index (χ1n) is 4.40. The maximum absolute atomic E-state index is 12.9. The molecule has 0 atom stereocenters. The van der Waals surface area contributed by atoms with Crippen LogP contribution >= 0.6 is 12.2 Å². The van der Waals surface area contributed by atoms with Crippen molar-refractivity contribution in [1.82, 2.24) is 15.0 Å². The van der Waals surface area contributed by atoms with Gasteiger partial charge in [0, 0.05) is 5.69 Å². The van der Waals surface area contributed by atoms with Crippen molar-refractivity contribution in [3.05, 3.63) is 34.9 Å². The zero-order chi connectivity index (χ0) is 11.5. The third-order valence-corrected chi connectivity index (χ3v) is 1.94. The number of aromatic amines is 1. The third-order valence-electron chi connectivity index (χ3n) is 1.76. The Hall–Kier alpha value is -2.02. The third kappa shape index (κ3) is 2.51. The lowest BCUT2D eigenvalue weighted by molar-refractivity contribution is 0.628. The molecule has 4 N–H and O–H groups in total. The van der Waals surface area contributed by atoms with Crippen LogP contribution in [0.2, 0.25) is 0 Å². The van der Waals surface area contributed by atoms with Gasteiger partial charge in [0.1, 0.15) is 5.82 Å². The van der Waals surface area contributed by atoms with Gasteiger partial charge >= 0.3 is 0 Å². The molecular weight excluding hydrogens is 229 g/mol. The van der Waals surface area contributed by atoms with Crippen LogP contribution in [0.1, 0.15) is 0 Å². The predicted octanol–water partition coefficient (Wildman–Crippen LogP) is 2.00. The number of nitrogens with zero attached hydrogens (tertiary/aromatic N) is 2. The highest BCUT2D eigenvalue weighted by atomic mass is 32.1. The molecule has 16 heavy (non-hydrogen) atoms. The minimum atomic E-state index is -0.342. The second-order valence-corrected chi connectivity index (χ2v) is 3.37. The van der Waals surface area contributed by atoms with Crippen LogP contribution in [0.5, 0.6) is 0 Å². The Kier molecular flexibility index (Phi) is 2.78. The number of benzene rings is 1. The Balaban J connectivity index is 2.30. The highest BCUT2D eigenvalue weighted by molar-refractivity contribution is 7.71. The standard InChI is InChI=1S/C9H8FN5S/c10-5-2-1-3-6(4-5)12-8-13-7(11)14-9(16)15-8/h1-4H,(H4,11,12,13,14,15,16). The number of hydrogen-bond donors (Lipinski definition) is 3. The zero-order valence-electron chi connectivity index (χ0n) is 8.07. The van der Waals surface area contributed by atoms with Gasteiger partial charge in [-0.2, -0.15) is 9.97 Å². The lowest BCUT2D eigenvalue weighted by Crippen LogP contribution is -2.03. The van der Waals surface area contributed by atoms with Gasteiger partial charge in [-0.1, -0.05) is 6.07 Å². The van der Waals surface area contributed by atoms with E-state index in [9.17, 15) is 4.39 Å². The second-order valence-electron chi connectivity index (χ2n) is 3.00. The van der Waals surface area contributed by atoms with Crippen molar-refractivity contribution < 1.29 is 4.39 Å². The lowest BCUT2D eigenvalue weighted by Gasteiger charge is -2.05. The zero-order valence-corrected chi connectivity index (χ0v) is 8.88. The number of hydrogen-bond acceptors (Lipinski definition) is 5. The van der Waals surface area contributed by atoms with Crippen LogP contribution in [-0.2, 0) is 0 Å². The molecule has 1 aromatic carbocycles. The molecule has 0 spiro atoms. The molecule has 0 amide bonds. The first-order chi connectivity index (χ1) is 7.63. The van der Waals surface area contributed by atoms with Crippen LogP contribution in [0.15, 0.2) is 24.3 Å². The first-order valence-corrected chi connectivity index (χ1v) is 4.81. The van der Waals surface area contributed by atoms with Crippen LogP contribution in [-0.4, -0.2) is 15.0 Å². The summed E-state index contributed by atoms with van der Waals surface area (Å²) in [4.78, 5) is 10.3. The van der Waals surface area contributed by atoms with Crippen molar-refractivity contribution in [2.45, 2.75) is 0 Å². The Labute approximate surface area is 95.6 Å². The number of aromatic nitrogens is 3. The number of nitrogen functional groups attached to an aromatic ring is 1. The molecular formula is C9H8FN5S. The van der Waals surface area contributed by atoms with Gasteiger partial charge in [0.05, 0.1) is 0 Å². The summed E-state index contributed by atoms with van der Waals surface area (Å²) < 4.78 is 13.0. The molecule has 0 aliphatic carbocycles. The molecule has 0 saturated heterocycles. The normalized spacial score (nSPS) is 10.1. The number of H-pyrrole nitrogens is 1. The number of anilines is 3. The molecule has 0 fully saturated rings. The Morgan fingerprint density at radius 2 is 2.19 bits per heavy atom. The van der Waals surface area contributed by atoms with Crippen molar-refractivity contribution >= 4 is 29.8 Å². The largest absolute Gasteiger partial charge is 0.369 e. The monoisotopic (exact) mass is 237 g/mol. The maximum atomic E-state index is 12.9. The number of halogens is 1. The van der Waals surface area contributed by atoms with Gasteiger partial charge < -0.3 is 11.1 Å². The van der Waals surface area contributed by atoms with Gasteiger partial charge in [-0.3, -0.25) is 4.98 Å². The van der Waals surface area contributed by atoms with Crippen molar-refractivity contribution in [1.29, 1.82) is 0 Å². The van der Waals surface area contributed by atoms with Gasteiger partial charge in [-0.05, 0) is 30.4 Å². The van der Waals surface area contributed by atoms with E-state index in [4.69, 9.17) is 18.0 Å². The van der Waals surface area contributed by atoms with Crippen LogP contribution in [0.3, 0.4) is 0 Å². The van der Waals surface area contributed by atoms with Gasteiger partial charge in [-0.15, -0.1) is 0 Å². The van der Waals surface area contributed by atoms with Crippen molar-refractivity contribution in [2.75, 3.05) is 11.1 Å². The van der Waals surface area contributed by atoms with Gasteiger partial charge in [-0.25, -0.2) is 4.39 Å². The van der Waals surface area contributed by atoms with E-state index in [1.165, 1.54) is 12.1 Å². The summed E-state index contributed by atoms with van der Waals surface area (Å²) in [5.41, 5.74) is 6.00. The van der Waals surface area contributed by atoms with Crippen molar-refractivity contribution in [3.63, 3.8) is 0 Å². The summed E-state index contributed by atoms with van der Waals surface area (Å²) in [7, 11) is 0. The summed E-state index contributed by atoms with van der Waals surface area (Å²) in [6, 6.07) is 5.95. The summed E-state index contributed by atoms with van der Waals surface area (Å²) >= 11 is 4.79. The topological polar surface area (TPSA) is 79.6 Å². The Morgan fingerprint density at radius 1 is 1.38 bits per heavy atom. The van der Waals surface area contributed by atoms with E-state index >= 15 is 0 Å². The minimum absolute atomic E-state index is 0.121. The fourth-order valence-corrected chi connectivity index (χ4v) is 1.35. The second kappa shape index (κ2) is 4.23. The highest BCUT2D eigenvalue weighted by Gasteiger charge is 1.99. The molecule has 1 heterocycles. The van der Waals surface area contributed by atoms with Gasteiger partial charge in [0.25, 0.3) is 0 Å². The molecule has 7 heteroatoms. The fraction of sp³-hybridized carbons (Fsp3) is 0. The molecule has 0 aliphatic rings. The van der Waals surface area contributed by atoms with E-state index in [0.29, 0.717) is 11.6 Å². The average Bonchev–Trinajstić information content (AvgIpc) is 2.15. The highest BCUT2D eigenvalue weighted by Crippen LogP contribution is 2.13. The van der Waals surface area contributed by atoms with Crippen molar-refractivity contribution in [2.24, 2.45) is 0 Å². The molecule has 5 nitrogen and oxygen atoms in total. The van der Waals surface area contributed by atoms with Gasteiger partial charge in [0.2, 0.25) is 16.7 Å². The first kappa shape index (κ1) is 10.5. The number of nitrogens with two attached hydrogens (primary N) is 1. The molecule has 2 aromatic rings. The SMILES string of the molecule is Nc1nc(=S)nc(Nc2cccc(F)c2)[nH]1. The summed E-state index contributed by atoms with van der Waals surface area (Å²) in [5, 5.41) is 2.83. The van der Waals surface area contributed by atoms with E-state index in [-0.39, 0.29) is 16.5 Å². The minimum Gasteiger partial charge on any atom is -0.369 e. The molecule has 0 unspecified atom stereocenters. The van der Waals surface area contributed by atoms with Gasteiger partial charge in [0.15, 0.2) is 0 Å². The Bertz CT molecular complexity index is 568. The number of rotatable bonds is 2. The van der Waals surface area contributed by atoms with Crippen LogP contribution in [0, 0.1) is 10.6 Å². The molecule has 0 bridgehead atoms. The Morgan fingerprint density at radius 3 is 2.88 bits per heavy atom. The smallest absolute Gasteiger partial charge is 0.225 e. The van der Waals surface area contributed by atoms with Crippen LogP contribution < -0.4 is 11.1 Å². The van der Waals surface area contributed by atoms with E-state index in [2.05, 4.69) is 20.3 Å². The average molecular weight is 237 g/mol. The molecule has 2 rings (SSSR count). The summed E-state index contributed by atoms with van der Waals surface area (Å²) in [6.45, 7) is 0. The van der Waals surface area contributed by atoms with Crippen molar-refractivity contribution in [3.8, 4) is 0 Å². The quantitative estimate of drug-likeness (QED) is 0.696. The molecule has 82 valence electrons. The van der Waals surface area contributed by atoms with E-state index < -0.39 is 0 Å². The molecule has 0 aliphatic heterocycles. The van der Waals surface area contributed by atoms with Crippen LogP contribution in [0.4, 0.5) is 22.0 Å². The fourth-order valence-electron chi connectivity index (χ4n) is 1.16. The summed E-state index contributed by atoms with van der Waals surface area (Å²) in [5.74, 6) is 0.132.